The van der Waals surface area contributed by atoms with Gasteiger partial charge < -0.3 is 0 Å². The van der Waals surface area contributed by atoms with E-state index in [9.17, 15) is 0 Å². The Bertz CT molecular complexity index is 3410. The quantitative estimate of drug-likeness (QED) is 0.168. The zero-order valence-corrected chi connectivity index (χ0v) is 32.7. The molecule has 0 aliphatic heterocycles. The first-order chi connectivity index (χ1) is 29.0. The minimum atomic E-state index is -0.0823. The molecule has 0 bridgehead atoms. The molecule has 3 heteroatoms. The minimum absolute atomic E-state index is 0.0823. The van der Waals surface area contributed by atoms with Gasteiger partial charge in [0.1, 0.15) is 0 Å². The fraction of sp³-hybridized carbons (Fsp3) is 0.0536. The van der Waals surface area contributed by atoms with Gasteiger partial charge in [-0.15, -0.1) is 0 Å². The normalized spacial score (nSPS) is 13.1. The molecular formula is C56H37N3. The Hall–Kier alpha value is -7.49. The van der Waals surface area contributed by atoms with E-state index in [-0.39, 0.29) is 5.41 Å². The van der Waals surface area contributed by atoms with Crippen molar-refractivity contribution in [3.63, 3.8) is 0 Å². The van der Waals surface area contributed by atoms with Gasteiger partial charge >= 0.3 is 0 Å². The van der Waals surface area contributed by atoms with E-state index in [4.69, 9.17) is 15.0 Å². The summed E-state index contributed by atoms with van der Waals surface area (Å²) in [4.78, 5) is 15.8. The number of fused-ring (bicyclic) bond motifs is 10. The summed E-state index contributed by atoms with van der Waals surface area (Å²) >= 11 is 0. The molecule has 0 unspecified atom stereocenters. The van der Waals surface area contributed by atoms with Crippen LogP contribution in [0.5, 0.6) is 0 Å². The maximum Gasteiger partial charge on any atom is 0.164 e. The lowest BCUT2D eigenvalue weighted by Crippen LogP contribution is -2.14. The van der Waals surface area contributed by atoms with E-state index in [1.165, 1.54) is 65.7 Å². The van der Waals surface area contributed by atoms with Crippen molar-refractivity contribution in [1.82, 2.24) is 15.0 Å². The van der Waals surface area contributed by atoms with Crippen molar-refractivity contribution in [3.8, 4) is 56.4 Å². The molecule has 0 saturated heterocycles. The van der Waals surface area contributed by atoms with Crippen LogP contribution in [0.4, 0.5) is 0 Å². The van der Waals surface area contributed by atoms with Crippen molar-refractivity contribution in [3.05, 3.63) is 199 Å². The van der Waals surface area contributed by atoms with Crippen molar-refractivity contribution in [2.24, 2.45) is 0 Å². The van der Waals surface area contributed by atoms with Crippen LogP contribution in [-0.4, -0.2) is 15.0 Å². The molecule has 1 aliphatic rings. The Morgan fingerprint density at radius 1 is 0.288 bits per heavy atom. The molecule has 11 aromatic rings. The van der Waals surface area contributed by atoms with Crippen molar-refractivity contribution in [1.29, 1.82) is 0 Å². The van der Waals surface area contributed by atoms with E-state index in [2.05, 4.69) is 202 Å². The highest BCUT2D eigenvalue weighted by Gasteiger charge is 2.35. The van der Waals surface area contributed by atoms with Gasteiger partial charge in [-0.2, -0.15) is 0 Å². The Balaban J connectivity index is 1.04. The van der Waals surface area contributed by atoms with Gasteiger partial charge in [0.25, 0.3) is 0 Å². The fourth-order valence-corrected chi connectivity index (χ4v) is 9.69. The summed E-state index contributed by atoms with van der Waals surface area (Å²) in [6.45, 7) is 4.68. The Labute approximate surface area is 342 Å². The summed E-state index contributed by atoms with van der Waals surface area (Å²) in [5, 5.41) is 11.9. The SMILES string of the molecule is CC1(C)c2ccccc2-c2ccc(-c3cccc4c(-c5nc(-c6ccc7c(ccc8ccccc87)c6)nc(-c6ccc7c(ccc8ccccc87)c6)n5)cccc34)cc21. The summed E-state index contributed by atoms with van der Waals surface area (Å²) in [5.74, 6) is 1.94. The highest BCUT2D eigenvalue weighted by Crippen LogP contribution is 2.50. The summed E-state index contributed by atoms with van der Waals surface area (Å²) in [7, 11) is 0. The molecule has 0 saturated carbocycles. The van der Waals surface area contributed by atoms with Crippen molar-refractivity contribution in [2.45, 2.75) is 19.3 Å². The van der Waals surface area contributed by atoms with E-state index in [0.717, 1.165) is 38.2 Å². The van der Waals surface area contributed by atoms with Crippen molar-refractivity contribution >= 4 is 53.9 Å². The van der Waals surface area contributed by atoms with Gasteiger partial charge in [-0.25, -0.2) is 15.0 Å². The molecular weight excluding hydrogens is 715 g/mol. The van der Waals surface area contributed by atoms with Crippen LogP contribution >= 0.6 is 0 Å². The lowest BCUT2D eigenvalue weighted by atomic mass is 9.81. The predicted molar refractivity (Wildman–Crippen MR) is 247 cm³/mol. The third-order valence-electron chi connectivity index (χ3n) is 12.7. The lowest BCUT2D eigenvalue weighted by Gasteiger charge is -2.22. The third-order valence-corrected chi connectivity index (χ3v) is 12.7. The molecule has 0 spiro atoms. The van der Waals surface area contributed by atoms with Crippen LogP contribution in [0.3, 0.4) is 0 Å². The molecule has 1 heterocycles. The first-order valence-electron chi connectivity index (χ1n) is 20.3. The Morgan fingerprint density at radius 2 is 0.746 bits per heavy atom. The molecule has 0 fully saturated rings. The highest BCUT2D eigenvalue weighted by atomic mass is 15.0. The smallest absolute Gasteiger partial charge is 0.164 e. The highest BCUT2D eigenvalue weighted by molar-refractivity contribution is 6.10. The van der Waals surface area contributed by atoms with Crippen molar-refractivity contribution < 1.29 is 0 Å². The van der Waals surface area contributed by atoms with E-state index in [0.29, 0.717) is 17.5 Å². The molecule has 0 amide bonds. The van der Waals surface area contributed by atoms with Crippen LogP contribution in [0.15, 0.2) is 188 Å². The number of hydrogen-bond acceptors (Lipinski definition) is 3. The van der Waals surface area contributed by atoms with Crippen LogP contribution in [0.2, 0.25) is 0 Å². The van der Waals surface area contributed by atoms with Gasteiger partial charge in [-0.1, -0.05) is 184 Å². The maximum atomic E-state index is 5.29. The molecule has 0 atom stereocenters. The van der Waals surface area contributed by atoms with Crippen molar-refractivity contribution in [2.75, 3.05) is 0 Å². The molecule has 10 aromatic carbocycles. The fourth-order valence-electron chi connectivity index (χ4n) is 9.69. The first-order valence-corrected chi connectivity index (χ1v) is 20.3. The average Bonchev–Trinajstić information content (AvgIpc) is 3.53. The van der Waals surface area contributed by atoms with Gasteiger partial charge in [0.05, 0.1) is 0 Å². The molecule has 3 nitrogen and oxygen atoms in total. The second-order valence-corrected chi connectivity index (χ2v) is 16.4. The van der Waals surface area contributed by atoms with Gasteiger partial charge in [0.2, 0.25) is 0 Å². The second-order valence-electron chi connectivity index (χ2n) is 16.4. The monoisotopic (exact) mass is 751 g/mol. The lowest BCUT2D eigenvalue weighted by molar-refractivity contribution is 0.660. The molecule has 0 radical (unpaired) electrons. The summed E-state index contributed by atoms with van der Waals surface area (Å²) in [6, 6.07) is 68.0. The van der Waals surface area contributed by atoms with Crippen LogP contribution in [0, 0.1) is 0 Å². The largest absolute Gasteiger partial charge is 0.208 e. The number of rotatable bonds is 4. The number of nitrogens with zero attached hydrogens (tertiary/aromatic N) is 3. The zero-order chi connectivity index (χ0) is 39.2. The first kappa shape index (κ1) is 33.6. The van der Waals surface area contributed by atoms with Crippen LogP contribution in [-0.2, 0) is 5.41 Å². The average molecular weight is 752 g/mol. The Kier molecular flexibility index (Phi) is 7.27. The summed E-state index contributed by atoms with van der Waals surface area (Å²) in [5.41, 5.74) is 10.6. The van der Waals surface area contributed by atoms with Crippen LogP contribution in [0.25, 0.3) is 110 Å². The van der Waals surface area contributed by atoms with E-state index in [1.807, 2.05) is 0 Å². The number of aromatic nitrogens is 3. The van der Waals surface area contributed by atoms with Gasteiger partial charge in [0.15, 0.2) is 17.5 Å². The number of benzene rings is 10. The summed E-state index contributed by atoms with van der Waals surface area (Å²) in [6.07, 6.45) is 0. The van der Waals surface area contributed by atoms with Gasteiger partial charge in [-0.3, -0.25) is 0 Å². The topological polar surface area (TPSA) is 38.7 Å². The van der Waals surface area contributed by atoms with E-state index in [1.54, 1.807) is 0 Å². The predicted octanol–water partition coefficient (Wildman–Crippen LogP) is 14.6. The maximum absolute atomic E-state index is 5.29. The molecule has 0 N–H and O–H groups in total. The molecule has 12 rings (SSSR count). The van der Waals surface area contributed by atoms with Crippen LogP contribution in [0.1, 0.15) is 25.0 Å². The standard InChI is InChI=1S/C56H37N3/c1-56(2)51-20-8-7-15-48(51)49-30-25-38(33-52(49)56)43-16-9-18-47-46(43)17-10-19-50(47)55-58-53(39-26-28-44-36(31-39)23-21-34-11-3-5-13-41(34)44)57-54(59-55)40-27-29-45-37(32-40)24-22-35-12-4-6-14-42(35)45/h3-33H,1-2H3. The molecule has 1 aromatic heterocycles. The van der Waals surface area contributed by atoms with Gasteiger partial charge in [-0.05, 0) is 105 Å². The molecule has 276 valence electrons. The van der Waals surface area contributed by atoms with E-state index < -0.39 is 0 Å². The third kappa shape index (κ3) is 5.25. The Morgan fingerprint density at radius 3 is 1.41 bits per heavy atom. The molecule has 59 heavy (non-hydrogen) atoms. The zero-order valence-electron chi connectivity index (χ0n) is 32.7. The molecule has 1 aliphatic carbocycles. The summed E-state index contributed by atoms with van der Waals surface area (Å²) < 4.78 is 0. The second kappa shape index (κ2) is 12.8. The van der Waals surface area contributed by atoms with E-state index >= 15 is 0 Å². The van der Waals surface area contributed by atoms with Gasteiger partial charge in [0, 0.05) is 22.1 Å². The van der Waals surface area contributed by atoms with Crippen LogP contribution < -0.4 is 0 Å². The minimum Gasteiger partial charge on any atom is -0.208 e. The number of hydrogen-bond donors (Lipinski definition) is 0.